The maximum absolute atomic E-state index is 13.4. The number of rotatable bonds is 11. The van der Waals surface area contributed by atoms with Crippen LogP contribution in [0.3, 0.4) is 0 Å². The fraction of sp³-hybridized carbons (Fsp3) is 0.350. The van der Waals surface area contributed by atoms with Gasteiger partial charge >= 0.3 is 18.2 Å². The summed E-state index contributed by atoms with van der Waals surface area (Å²) in [5.74, 6) is -0.520. The van der Waals surface area contributed by atoms with Crippen molar-refractivity contribution in [2.24, 2.45) is 0 Å². The van der Waals surface area contributed by atoms with Gasteiger partial charge < -0.3 is 18.8 Å². The van der Waals surface area contributed by atoms with Crippen LogP contribution in [-0.2, 0) is 24.5 Å². The Hall–Kier alpha value is -5.18. The SMILES string of the molecule is CCOC(=O)/C(=C\CCCN(C(=O)OC(C)(C)C)C(=O)OC(C)(C)C)c1cn(C(c2ccccc2)(c2ccccc2)c2ccccc2)cn1. The highest BCUT2D eigenvalue weighted by Gasteiger charge is 2.39. The minimum absolute atomic E-state index is 0.0179. The molecule has 258 valence electrons. The van der Waals surface area contributed by atoms with Crippen molar-refractivity contribution in [3.63, 3.8) is 0 Å². The number of imide groups is 1. The van der Waals surface area contributed by atoms with E-state index in [1.54, 1.807) is 60.9 Å². The van der Waals surface area contributed by atoms with Gasteiger partial charge in [-0.25, -0.2) is 24.3 Å². The van der Waals surface area contributed by atoms with Crippen molar-refractivity contribution in [2.45, 2.75) is 78.0 Å². The van der Waals surface area contributed by atoms with Gasteiger partial charge in [-0.3, -0.25) is 0 Å². The number of allylic oxidation sites excluding steroid dienone is 1. The zero-order valence-electron chi connectivity index (χ0n) is 29.5. The number of esters is 1. The molecule has 4 rings (SSSR count). The number of ether oxygens (including phenoxy) is 3. The molecule has 0 saturated heterocycles. The summed E-state index contributed by atoms with van der Waals surface area (Å²) in [6.07, 6.45) is 4.42. The highest BCUT2D eigenvalue weighted by molar-refractivity contribution is 6.15. The summed E-state index contributed by atoms with van der Waals surface area (Å²) in [5.41, 5.74) is 1.35. The smallest absolute Gasteiger partial charge is 0.419 e. The number of benzene rings is 3. The number of hydrogen-bond acceptors (Lipinski definition) is 7. The van der Waals surface area contributed by atoms with E-state index in [0.29, 0.717) is 18.5 Å². The van der Waals surface area contributed by atoms with Crippen LogP contribution < -0.4 is 0 Å². The third-order valence-electron chi connectivity index (χ3n) is 7.48. The molecule has 0 N–H and O–H groups in total. The molecule has 9 nitrogen and oxygen atoms in total. The minimum Gasteiger partial charge on any atom is -0.462 e. The third-order valence-corrected chi connectivity index (χ3v) is 7.48. The summed E-state index contributed by atoms with van der Waals surface area (Å²) in [6, 6.07) is 30.5. The first-order valence-electron chi connectivity index (χ1n) is 16.6. The van der Waals surface area contributed by atoms with E-state index < -0.39 is 34.9 Å². The molecule has 0 radical (unpaired) electrons. The molecule has 4 aromatic rings. The maximum Gasteiger partial charge on any atom is 0.419 e. The van der Waals surface area contributed by atoms with Crippen LogP contribution in [0.25, 0.3) is 5.57 Å². The van der Waals surface area contributed by atoms with E-state index in [-0.39, 0.29) is 18.7 Å². The van der Waals surface area contributed by atoms with Gasteiger partial charge in [0.05, 0.1) is 24.2 Å². The molecular weight excluding hydrogens is 618 g/mol. The number of unbranched alkanes of at least 4 members (excludes halogenated alkanes) is 1. The molecule has 0 spiro atoms. The van der Waals surface area contributed by atoms with E-state index in [2.05, 4.69) is 36.4 Å². The minimum atomic E-state index is -0.809. The van der Waals surface area contributed by atoms with Crippen LogP contribution in [0.5, 0.6) is 0 Å². The molecule has 9 heteroatoms. The van der Waals surface area contributed by atoms with Crippen molar-refractivity contribution in [2.75, 3.05) is 13.2 Å². The Labute approximate surface area is 289 Å². The summed E-state index contributed by atoms with van der Waals surface area (Å²) in [4.78, 5) is 45.0. The molecule has 0 aliphatic heterocycles. The monoisotopic (exact) mass is 665 g/mol. The van der Waals surface area contributed by atoms with Crippen LogP contribution in [0.2, 0.25) is 0 Å². The largest absolute Gasteiger partial charge is 0.462 e. The average molecular weight is 666 g/mol. The molecule has 1 heterocycles. The van der Waals surface area contributed by atoms with E-state index in [4.69, 9.17) is 19.2 Å². The Bertz CT molecular complexity index is 1590. The van der Waals surface area contributed by atoms with Gasteiger partial charge in [0.2, 0.25) is 0 Å². The fourth-order valence-electron chi connectivity index (χ4n) is 5.52. The van der Waals surface area contributed by atoms with E-state index >= 15 is 0 Å². The molecule has 0 aliphatic carbocycles. The number of imidazole rings is 1. The molecule has 3 aromatic carbocycles. The van der Waals surface area contributed by atoms with Crippen LogP contribution >= 0.6 is 0 Å². The van der Waals surface area contributed by atoms with Crippen molar-refractivity contribution in [3.8, 4) is 0 Å². The molecule has 0 atom stereocenters. The van der Waals surface area contributed by atoms with E-state index in [1.807, 2.05) is 65.4 Å². The normalized spacial score (nSPS) is 12.3. The van der Waals surface area contributed by atoms with Crippen molar-refractivity contribution >= 4 is 23.7 Å². The second-order valence-electron chi connectivity index (χ2n) is 13.6. The number of carbonyl (C=O) groups is 3. The number of aromatic nitrogens is 2. The first kappa shape index (κ1) is 36.7. The Morgan fingerprint density at radius 3 is 1.59 bits per heavy atom. The van der Waals surface area contributed by atoms with E-state index in [0.717, 1.165) is 21.6 Å². The van der Waals surface area contributed by atoms with Gasteiger partial charge in [0.1, 0.15) is 16.7 Å². The lowest BCUT2D eigenvalue weighted by atomic mass is 9.77. The zero-order valence-corrected chi connectivity index (χ0v) is 29.5. The van der Waals surface area contributed by atoms with Crippen molar-refractivity contribution in [1.29, 1.82) is 0 Å². The quantitative estimate of drug-likeness (QED) is 0.0520. The predicted molar refractivity (Wildman–Crippen MR) is 190 cm³/mol. The van der Waals surface area contributed by atoms with Crippen molar-refractivity contribution in [3.05, 3.63) is 132 Å². The standard InChI is InChI=1S/C40H47N3O6/c1-8-47-35(44)33(26-18-19-27-43(36(45)48-38(2,3)4)37(46)49-39(5,6)7)34-28-42(29-41-34)40(30-20-12-9-13-21-30,31-22-14-10-15-23-31)32-24-16-11-17-25-32/h9-17,20-26,28-29H,8,18-19,27H2,1-7H3/b33-26-. The lowest BCUT2D eigenvalue weighted by molar-refractivity contribution is -0.136. The lowest BCUT2D eigenvalue weighted by Crippen LogP contribution is -2.44. The zero-order chi connectivity index (χ0) is 35.7. The van der Waals surface area contributed by atoms with E-state index in [9.17, 15) is 14.4 Å². The van der Waals surface area contributed by atoms with Crippen molar-refractivity contribution in [1.82, 2.24) is 14.5 Å². The summed E-state index contributed by atoms with van der Waals surface area (Å²) in [7, 11) is 0. The van der Waals surface area contributed by atoms with Gasteiger partial charge in [0.15, 0.2) is 0 Å². The van der Waals surface area contributed by atoms with Gasteiger partial charge in [-0.15, -0.1) is 0 Å². The first-order chi connectivity index (χ1) is 23.3. The summed E-state index contributed by atoms with van der Waals surface area (Å²) in [5, 5.41) is 0. The Balaban J connectivity index is 1.72. The second-order valence-corrected chi connectivity index (χ2v) is 13.6. The Morgan fingerprint density at radius 1 is 0.735 bits per heavy atom. The topological polar surface area (TPSA) is 100.0 Å². The molecular formula is C40H47N3O6. The number of carbonyl (C=O) groups excluding carboxylic acids is 3. The molecule has 1 aromatic heterocycles. The predicted octanol–water partition coefficient (Wildman–Crippen LogP) is 8.62. The third kappa shape index (κ3) is 9.25. The van der Waals surface area contributed by atoms with Gasteiger partial charge in [-0.2, -0.15) is 0 Å². The summed E-state index contributed by atoms with van der Waals surface area (Å²) >= 11 is 0. The second kappa shape index (κ2) is 15.8. The van der Waals surface area contributed by atoms with Crippen molar-refractivity contribution < 1.29 is 28.6 Å². The number of amides is 2. The Kier molecular flexibility index (Phi) is 11.8. The van der Waals surface area contributed by atoms with Crippen LogP contribution in [-0.4, -0.2) is 57.0 Å². The molecule has 0 bridgehead atoms. The van der Waals surface area contributed by atoms with Gasteiger partial charge in [-0.05, 0) is 78.0 Å². The lowest BCUT2D eigenvalue weighted by Gasteiger charge is -2.37. The summed E-state index contributed by atoms with van der Waals surface area (Å²) < 4.78 is 18.4. The maximum atomic E-state index is 13.4. The molecule has 0 fully saturated rings. The van der Waals surface area contributed by atoms with Gasteiger partial charge in [0.25, 0.3) is 0 Å². The van der Waals surface area contributed by atoms with Crippen LogP contribution in [0, 0.1) is 0 Å². The molecule has 49 heavy (non-hydrogen) atoms. The number of hydrogen-bond donors (Lipinski definition) is 0. The van der Waals surface area contributed by atoms with Crippen LogP contribution in [0.15, 0.2) is 110 Å². The number of nitrogens with zero attached hydrogens (tertiary/aromatic N) is 3. The molecule has 0 unspecified atom stereocenters. The summed E-state index contributed by atoms with van der Waals surface area (Å²) in [6.45, 7) is 12.3. The van der Waals surface area contributed by atoms with Gasteiger partial charge in [-0.1, -0.05) is 97.1 Å². The molecule has 0 aliphatic rings. The van der Waals surface area contributed by atoms with Crippen LogP contribution in [0.4, 0.5) is 9.59 Å². The van der Waals surface area contributed by atoms with Crippen LogP contribution in [0.1, 0.15) is 83.7 Å². The molecule has 0 saturated carbocycles. The van der Waals surface area contributed by atoms with E-state index in [1.165, 1.54) is 0 Å². The fourth-order valence-corrected chi connectivity index (χ4v) is 5.52. The highest BCUT2D eigenvalue weighted by atomic mass is 16.6. The molecule has 2 amide bonds. The average Bonchev–Trinajstić information content (AvgIpc) is 3.53. The first-order valence-corrected chi connectivity index (χ1v) is 16.6. The highest BCUT2D eigenvalue weighted by Crippen LogP contribution is 2.41. The van der Waals surface area contributed by atoms with Gasteiger partial charge in [0, 0.05) is 12.7 Å². The Morgan fingerprint density at radius 2 is 1.18 bits per heavy atom.